The monoisotopic (exact) mass is 277 g/mol. The first-order chi connectivity index (χ1) is 8.97. The Labute approximate surface area is 118 Å². The molecule has 0 atom stereocenters. The van der Waals surface area contributed by atoms with Gasteiger partial charge in [-0.15, -0.1) is 0 Å². The lowest BCUT2D eigenvalue weighted by Crippen LogP contribution is -2.08. The second-order valence-corrected chi connectivity index (χ2v) is 4.84. The predicted octanol–water partition coefficient (Wildman–Crippen LogP) is 3.61. The zero-order valence-electron chi connectivity index (χ0n) is 11.4. The number of benzene rings is 1. The standard InChI is InChI=1S/C14H16ClN3O/c1-9-13(15)16-10(2)17-14(9)19-12-7-5-6-11(8-12)18(3)4/h5-8H,1-4H3. The van der Waals surface area contributed by atoms with Gasteiger partial charge in [0.1, 0.15) is 16.7 Å². The molecule has 0 radical (unpaired) electrons. The van der Waals surface area contributed by atoms with Gasteiger partial charge in [0.15, 0.2) is 0 Å². The second kappa shape index (κ2) is 5.45. The number of aromatic nitrogens is 2. The van der Waals surface area contributed by atoms with Crippen molar-refractivity contribution in [3.63, 3.8) is 0 Å². The third-order valence-corrected chi connectivity index (χ3v) is 3.07. The number of hydrogen-bond acceptors (Lipinski definition) is 4. The summed E-state index contributed by atoms with van der Waals surface area (Å²) in [4.78, 5) is 10.4. The van der Waals surface area contributed by atoms with E-state index in [2.05, 4.69) is 9.97 Å². The maximum absolute atomic E-state index is 6.03. The van der Waals surface area contributed by atoms with Crippen molar-refractivity contribution in [1.82, 2.24) is 9.97 Å². The molecule has 1 aromatic heterocycles. The van der Waals surface area contributed by atoms with Crippen molar-refractivity contribution < 1.29 is 4.74 Å². The molecule has 0 aliphatic heterocycles. The molecule has 1 heterocycles. The Morgan fingerprint density at radius 1 is 1.16 bits per heavy atom. The number of nitrogens with zero attached hydrogens (tertiary/aromatic N) is 3. The minimum Gasteiger partial charge on any atom is -0.438 e. The van der Waals surface area contributed by atoms with E-state index in [1.807, 2.05) is 50.2 Å². The van der Waals surface area contributed by atoms with Crippen LogP contribution in [0.15, 0.2) is 24.3 Å². The average molecular weight is 278 g/mol. The Morgan fingerprint density at radius 2 is 1.89 bits per heavy atom. The van der Waals surface area contributed by atoms with E-state index < -0.39 is 0 Å². The van der Waals surface area contributed by atoms with Gasteiger partial charge in [0, 0.05) is 31.4 Å². The molecule has 0 saturated carbocycles. The molecular weight excluding hydrogens is 262 g/mol. The predicted molar refractivity (Wildman–Crippen MR) is 77.4 cm³/mol. The van der Waals surface area contributed by atoms with Gasteiger partial charge in [-0.3, -0.25) is 0 Å². The van der Waals surface area contributed by atoms with Crippen molar-refractivity contribution in [3.05, 3.63) is 40.8 Å². The lowest BCUT2D eigenvalue weighted by Gasteiger charge is -2.14. The number of ether oxygens (including phenoxy) is 1. The molecule has 4 nitrogen and oxygen atoms in total. The zero-order chi connectivity index (χ0) is 14.0. The molecule has 0 amide bonds. The number of rotatable bonds is 3. The molecule has 0 fully saturated rings. The van der Waals surface area contributed by atoms with Gasteiger partial charge >= 0.3 is 0 Å². The van der Waals surface area contributed by atoms with E-state index in [9.17, 15) is 0 Å². The molecule has 1 aromatic carbocycles. The molecule has 0 unspecified atom stereocenters. The Morgan fingerprint density at radius 3 is 2.58 bits per heavy atom. The molecule has 0 bridgehead atoms. The lowest BCUT2D eigenvalue weighted by atomic mass is 10.3. The van der Waals surface area contributed by atoms with Crippen LogP contribution in [0.1, 0.15) is 11.4 Å². The van der Waals surface area contributed by atoms with Gasteiger partial charge in [-0.05, 0) is 26.0 Å². The molecular formula is C14H16ClN3O. The highest BCUT2D eigenvalue weighted by Gasteiger charge is 2.10. The van der Waals surface area contributed by atoms with Crippen LogP contribution in [0.5, 0.6) is 11.6 Å². The fourth-order valence-electron chi connectivity index (χ4n) is 1.61. The van der Waals surface area contributed by atoms with Crippen LogP contribution in [0.25, 0.3) is 0 Å². The van der Waals surface area contributed by atoms with E-state index in [4.69, 9.17) is 16.3 Å². The molecule has 0 aliphatic rings. The van der Waals surface area contributed by atoms with E-state index in [1.54, 1.807) is 6.92 Å². The normalized spacial score (nSPS) is 10.4. The number of hydrogen-bond donors (Lipinski definition) is 0. The number of halogens is 1. The molecule has 2 rings (SSSR count). The van der Waals surface area contributed by atoms with Crippen LogP contribution in [0.3, 0.4) is 0 Å². The van der Waals surface area contributed by atoms with Gasteiger partial charge < -0.3 is 9.64 Å². The molecule has 19 heavy (non-hydrogen) atoms. The van der Waals surface area contributed by atoms with Crippen LogP contribution in [0.2, 0.25) is 5.15 Å². The summed E-state index contributed by atoms with van der Waals surface area (Å²) in [5.74, 6) is 1.81. The Bertz CT molecular complexity index is 599. The molecule has 100 valence electrons. The Kier molecular flexibility index (Phi) is 3.90. The summed E-state index contributed by atoms with van der Waals surface area (Å²) in [7, 11) is 3.96. The maximum Gasteiger partial charge on any atom is 0.226 e. The van der Waals surface area contributed by atoms with Crippen LogP contribution in [-0.2, 0) is 0 Å². The van der Waals surface area contributed by atoms with E-state index in [0.29, 0.717) is 16.9 Å². The number of aryl methyl sites for hydroxylation is 1. The van der Waals surface area contributed by atoms with Crippen LogP contribution in [-0.4, -0.2) is 24.1 Å². The fraction of sp³-hybridized carbons (Fsp3) is 0.286. The third kappa shape index (κ3) is 3.15. The third-order valence-electron chi connectivity index (χ3n) is 2.70. The Hall–Kier alpha value is -1.81. The molecule has 0 saturated heterocycles. The van der Waals surface area contributed by atoms with Crippen LogP contribution in [0, 0.1) is 13.8 Å². The van der Waals surface area contributed by atoms with E-state index in [0.717, 1.165) is 17.0 Å². The van der Waals surface area contributed by atoms with Crippen molar-refractivity contribution in [2.24, 2.45) is 0 Å². The zero-order valence-corrected chi connectivity index (χ0v) is 12.2. The molecule has 0 spiro atoms. The summed E-state index contributed by atoms with van der Waals surface area (Å²) in [6.07, 6.45) is 0. The van der Waals surface area contributed by atoms with Crippen LogP contribution >= 0.6 is 11.6 Å². The van der Waals surface area contributed by atoms with Gasteiger partial charge in [-0.2, -0.15) is 4.98 Å². The van der Waals surface area contributed by atoms with Crippen LogP contribution in [0.4, 0.5) is 5.69 Å². The van der Waals surface area contributed by atoms with Crippen molar-refractivity contribution in [2.75, 3.05) is 19.0 Å². The minimum atomic E-state index is 0.422. The largest absolute Gasteiger partial charge is 0.438 e. The fourth-order valence-corrected chi connectivity index (χ4v) is 1.81. The molecule has 2 aromatic rings. The van der Waals surface area contributed by atoms with Crippen LogP contribution < -0.4 is 9.64 Å². The highest BCUT2D eigenvalue weighted by Crippen LogP contribution is 2.28. The highest BCUT2D eigenvalue weighted by molar-refractivity contribution is 6.30. The summed E-state index contributed by atoms with van der Waals surface area (Å²) in [5, 5.41) is 0.422. The molecule has 5 heteroatoms. The van der Waals surface area contributed by atoms with E-state index in [1.165, 1.54) is 0 Å². The van der Waals surface area contributed by atoms with Gasteiger partial charge in [-0.1, -0.05) is 17.7 Å². The van der Waals surface area contributed by atoms with E-state index in [-0.39, 0.29) is 0 Å². The van der Waals surface area contributed by atoms with Gasteiger partial charge in [0.2, 0.25) is 5.88 Å². The summed E-state index contributed by atoms with van der Waals surface area (Å²) >= 11 is 6.03. The van der Waals surface area contributed by atoms with Gasteiger partial charge in [-0.25, -0.2) is 4.98 Å². The first kappa shape index (κ1) is 13.6. The van der Waals surface area contributed by atoms with Crippen molar-refractivity contribution >= 4 is 17.3 Å². The first-order valence-electron chi connectivity index (χ1n) is 5.93. The lowest BCUT2D eigenvalue weighted by molar-refractivity contribution is 0.455. The van der Waals surface area contributed by atoms with Crippen molar-refractivity contribution in [1.29, 1.82) is 0 Å². The summed E-state index contributed by atoms with van der Waals surface area (Å²) in [6.45, 7) is 3.63. The summed E-state index contributed by atoms with van der Waals surface area (Å²) < 4.78 is 5.80. The summed E-state index contributed by atoms with van der Waals surface area (Å²) in [5.41, 5.74) is 1.80. The SMILES string of the molecule is Cc1nc(Cl)c(C)c(Oc2cccc(N(C)C)c2)n1. The minimum absolute atomic E-state index is 0.422. The smallest absolute Gasteiger partial charge is 0.226 e. The average Bonchev–Trinajstić information content (AvgIpc) is 2.35. The topological polar surface area (TPSA) is 38.2 Å². The first-order valence-corrected chi connectivity index (χ1v) is 6.31. The van der Waals surface area contributed by atoms with Gasteiger partial charge in [0.05, 0.1) is 0 Å². The number of anilines is 1. The maximum atomic E-state index is 6.03. The quantitative estimate of drug-likeness (QED) is 0.804. The second-order valence-electron chi connectivity index (χ2n) is 4.49. The summed E-state index contributed by atoms with van der Waals surface area (Å²) in [6, 6.07) is 7.79. The van der Waals surface area contributed by atoms with Crippen molar-refractivity contribution in [2.45, 2.75) is 13.8 Å². The molecule has 0 N–H and O–H groups in total. The van der Waals surface area contributed by atoms with Crippen molar-refractivity contribution in [3.8, 4) is 11.6 Å². The highest BCUT2D eigenvalue weighted by atomic mass is 35.5. The molecule has 0 aliphatic carbocycles. The Balaban J connectivity index is 2.33. The van der Waals surface area contributed by atoms with Gasteiger partial charge in [0.25, 0.3) is 0 Å². The van der Waals surface area contributed by atoms with E-state index >= 15 is 0 Å².